The second kappa shape index (κ2) is 6.39. The molecule has 8 heteroatoms. The summed E-state index contributed by atoms with van der Waals surface area (Å²) in [6, 6.07) is 0. The molecular formula is C10H15N5O2S. The van der Waals surface area contributed by atoms with Crippen molar-refractivity contribution in [1.29, 1.82) is 0 Å². The Morgan fingerprint density at radius 1 is 1.61 bits per heavy atom. The Hall–Kier alpha value is -1.57. The van der Waals surface area contributed by atoms with Gasteiger partial charge in [0.15, 0.2) is 5.16 Å². The number of hydrogen-bond donors (Lipinski definition) is 2. The molecule has 18 heavy (non-hydrogen) atoms. The number of carbonyl (C=O) groups excluding carboxylic acids is 2. The van der Waals surface area contributed by atoms with E-state index in [4.69, 9.17) is 0 Å². The normalized spacial score (nSPS) is 15.1. The number of H-pyrrole nitrogens is 1. The van der Waals surface area contributed by atoms with Gasteiger partial charge in [-0.25, -0.2) is 4.98 Å². The Morgan fingerprint density at radius 2 is 2.50 bits per heavy atom. The minimum atomic E-state index is -0.108. The number of carbonyl (C=O) groups is 2. The molecule has 2 amide bonds. The average Bonchev–Trinajstić information content (AvgIpc) is 2.98. The van der Waals surface area contributed by atoms with Crippen LogP contribution in [0.15, 0.2) is 11.5 Å². The van der Waals surface area contributed by atoms with Gasteiger partial charge >= 0.3 is 0 Å². The lowest BCUT2D eigenvalue weighted by Crippen LogP contribution is -2.38. The molecule has 2 heterocycles. The number of aromatic amines is 1. The fourth-order valence-electron chi connectivity index (χ4n) is 1.70. The van der Waals surface area contributed by atoms with Crippen molar-refractivity contribution < 1.29 is 9.59 Å². The lowest BCUT2D eigenvalue weighted by atomic mass is 10.4. The van der Waals surface area contributed by atoms with Crippen molar-refractivity contribution in [3.8, 4) is 0 Å². The summed E-state index contributed by atoms with van der Waals surface area (Å²) in [6.07, 6.45) is 2.86. The number of rotatable bonds is 6. The Morgan fingerprint density at radius 3 is 3.17 bits per heavy atom. The monoisotopic (exact) mass is 269 g/mol. The van der Waals surface area contributed by atoms with Crippen molar-refractivity contribution in [2.75, 3.05) is 25.4 Å². The van der Waals surface area contributed by atoms with Crippen molar-refractivity contribution in [3.63, 3.8) is 0 Å². The molecule has 98 valence electrons. The molecule has 1 fully saturated rings. The maximum Gasteiger partial charge on any atom is 0.239 e. The average molecular weight is 269 g/mol. The van der Waals surface area contributed by atoms with Crippen LogP contribution in [-0.2, 0) is 9.59 Å². The van der Waals surface area contributed by atoms with Crippen LogP contribution in [0.5, 0.6) is 0 Å². The maximum atomic E-state index is 11.6. The molecule has 1 aromatic heterocycles. The zero-order valence-corrected chi connectivity index (χ0v) is 10.7. The molecule has 0 radical (unpaired) electrons. The van der Waals surface area contributed by atoms with Gasteiger partial charge in [-0.15, -0.1) is 0 Å². The van der Waals surface area contributed by atoms with Gasteiger partial charge in [0.25, 0.3) is 0 Å². The summed E-state index contributed by atoms with van der Waals surface area (Å²) in [5.74, 6) is 0.680. The highest BCUT2D eigenvalue weighted by Crippen LogP contribution is 2.09. The van der Waals surface area contributed by atoms with Crippen LogP contribution in [0.4, 0.5) is 0 Å². The van der Waals surface area contributed by atoms with Crippen molar-refractivity contribution in [3.05, 3.63) is 6.33 Å². The van der Waals surface area contributed by atoms with E-state index in [1.54, 1.807) is 4.90 Å². The third-order valence-corrected chi connectivity index (χ3v) is 3.44. The fraction of sp³-hybridized carbons (Fsp3) is 0.600. The predicted molar refractivity (Wildman–Crippen MR) is 65.9 cm³/mol. The largest absolute Gasteiger partial charge is 0.354 e. The molecule has 0 spiro atoms. The van der Waals surface area contributed by atoms with E-state index in [0.717, 1.165) is 17.3 Å². The van der Waals surface area contributed by atoms with E-state index in [0.29, 0.717) is 19.5 Å². The van der Waals surface area contributed by atoms with Crippen molar-refractivity contribution in [2.45, 2.75) is 18.0 Å². The molecule has 2 rings (SSSR count). The molecule has 0 unspecified atom stereocenters. The zero-order valence-electron chi connectivity index (χ0n) is 9.89. The smallest absolute Gasteiger partial charge is 0.239 e. The molecule has 7 nitrogen and oxygen atoms in total. The van der Waals surface area contributed by atoms with Gasteiger partial charge in [-0.1, -0.05) is 11.8 Å². The Balaban J connectivity index is 1.58. The molecule has 0 bridgehead atoms. The molecule has 1 aliphatic rings. The molecule has 0 aliphatic carbocycles. The molecule has 1 aromatic rings. The Bertz CT molecular complexity index is 408. The molecule has 1 aliphatic heterocycles. The number of hydrogen-bond acceptors (Lipinski definition) is 5. The topological polar surface area (TPSA) is 91.0 Å². The summed E-state index contributed by atoms with van der Waals surface area (Å²) in [5, 5.41) is 9.96. The summed E-state index contributed by atoms with van der Waals surface area (Å²) in [5.41, 5.74) is 0. The second-order valence-corrected chi connectivity index (χ2v) is 4.99. The summed E-state index contributed by atoms with van der Waals surface area (Å²) in [6.45, 7) is 1.41. The number of aromatic nitrogens is 3. The SMILES string of the molecule is O=C(CN1CCCC1=O)NCCSc1ncn[nH]1. The van der Waals surface area contributed by atoms with Crippen LogP contribution >= 0.6 is 11.8 Å². The predicted octanol–water partition coefficient (Wildman–Crippen LogP) is -0.365. The summed E-state index contributed by atoms with van der Waals surface area (Å²) >= 11 is 1.49. The molecule has 0 atom stereocenters. The Labute approximate surface area is 109 Å². The van der Waals surface area contributed by atoms with Crippen LogP contribution in [-0.4, -0.2) is 57.3 Å². The molecular weight excluding hydrogens is 254 g/mol. The highest BCUT2D eigenvalue weighted by molar-refractivity contribution is 7.99. The number of nitrogens with one attached hydrogen (secondary N) is 2. The highest BCUT2D eigenvalue weighted by Gasteiger charge is 2.21. The lowest BCUT2D eigenvalue weighted by Gasteiger charge is -2.14. The highest BCUT2D eigenvalue weighted by atomic mass is 32.2. The van der Waals surface area contributed by atoms with E-state index in [1.165, 1.54) is 18.1 Å². The third kappa shape index (κ3) is 3.73. The van der Waals surface area contributed by atoms with E-state index >= 15 is 0 Å². The van der Waals surface area contributed by atoms with E-state index in [9.17, 15) is 9.59 Å². The minimum Gasteiger partial charge on any atom is -0.354 e. The zero-order chi connectivity index (χ0) is 12.8. The minimum absolute atomic E-state index is 0.0705. The number of likely N-dealkylation sites (tertiary alicyclic amines) is 1. The first-order valence-corrected chi connectivity index (χ1v) is 6.77. The number of nitrogens with zero attached hydrogens (tertiary/aromatic N) is 3. The van der Waals surface area contributed by atoms with Crippen molar-refractivity contribution >= 4 is 23.6 Å². The van der Waals surface area contributed by atoms with E-state index in [1.807, 2.05) is 0 Å². The van der Waals surface area contributed by atoms with Gasteiger partial charge in [-0.3, -0.25) is 14.7 Å². The van der Waals surface area contributed by atoms with Gasteiger partial charge in [0.2, 0.25) is 11.8 Å². The summed E-state index contributed by atoms with van der Waals surface area (Å²) < 4.78 is 0. The summed E-state index contributed by atoms with van der Waals surface area (Å²) in [4.78, 5) is 28.4. The van der Waals surface area contributed by atoms with Gasteiger partial charge in [-0.05, 0) is 6.42 Å². The second-order valence-electron chi connectivity index (χ2n) is 3.91. The van der Waals surface area contributed by atoms with Gasteiger partial charge in [0.1, 0.15) is 6.33 Å². The molecule has 2 N–H and O–H groups in total. The molecule has 1 saturated heterocycles. The lowest BCUT2D eigenvalue weighted by molar-refractivity contribution is -0.133. The maximum absolute atomic E-state index is 11.6. The van der Waals surface area contributed by atoms with Gasteiger partial charge in [0.05, 0.1) is 6.54 Å². The Kier molecular flexibility index (Phi) is 4.57. The first-order valence-electron chi connectivity index (χ1n) is 5.78. The molecule has 0 aromatic carbocycles. The van der Waals surface area contributed by atoms with Crippen LogP contribution in [0.2, 0.25) is 0 Å². The van der Waals surface area contributed by atoms with Gasteiger partial charge in [0, 0.05) is 25.3 Å². The van der Waals surface area contributed by atoms with E-state index in [2.05, 4.69) is 20.5 Å². The van der Waals surface area contributed by atoms with Crippen molar-refractivity contribution in [2.24, 2.45) is 0 Å². The van der Waals surface area contributed by atoms with Gasteiger partial charge in [-0.2, -0.15) is 5.10 Å². The standard InChI is InChI=1S/C10H15N5O2S/c16-8(6-15-4-1-2-9(15)17)11-3-5-18-10-12-7-13-14-10/h7H,1-6H2,(H,11,16)(H,12,13,14). The summed E-state index contributed by atoms with van der Waals surface area (Å²) in [7, 11) is 0. The number of thioether (sulfide) groups is 1. The van der Waals surface area contributed by atoms with Crippen LogP contribution in [0, 0.1) is 0 Å². The third-order valence-electron chi connectivity index (χ3n) is 2.56. The van der Waals surface area contributed by atoms with E-state index in [-0.39, 0.29) is 18.4 Å². The quantitative estimate of drug-likeness (QED) is 0.543. The first kappa shape index (κ1) is 12.9. The van der Waals surface area contributed by atoms with Crippen molar-refractivity contribution in [1.82, 2.24) is 25.4 Å². The van der Waals surface area contributed by atoms with Crippen LogP contribution in [0.1, 0.15) is 12.8 Å². The van der Waals surface area contributed by atoms with E-state index < -0.39 is 0 Å². The fourth-order valence-corrected chi connectivity index (χ4v) is 2.34. The molecule has 0 saturated carbocycles. The first-order chi connectivity index (χ1) is 8.75. The van der Waals surface area contributed by atoms with Gasteiger partial charge < -0.3 is 10.2 Å². The number of amides is 2. The van der Waals surface area contributed by atoms with Crippen LogP contribution in [0.3, 0.4) is 0 Å². The van der Waals surface area contributed by atoms with Crippen LogP contribution in [0.25, 0.3) is 0 Å². The van der Waals surface area contributed by atoms with Crippen LogP contribution < -0.4 is 5.32 Å².